The van der Waals surface area contributed by atoms with Crippen molar-refractivity contribution in [2.75, 3.05) is 14.2 Å². The molecule has 0 N–H and O–H groups in total. The van der Waals surface area contributed by atoms with Gasteiger partial charge >= 0.3 is 0 Å². The molecule has 0 aliphatic heterocycles. The molecular formula is C19H19NO2. The van der Waals surface area contributed by atoms with Gasteiger partial charge in [0.1, 0.15) is 0 Å². The Labute approximate surface area is 131 Å². The number of aryl methyl sites for hydroxylation is 1. The van der Waals surface area contributed by atoms with Gasteiger partial charge in [-0.3, -0.25) is 0 Å². The average molecular weight is 293 g/mol. The van der Waals surface area contributed by atoms with Crippen LogP contribution in [-0.2, 0) is 6.42 Å². The first-order valence-corrected chi connectivity index (χ1v) is 7.15. The molecule has 0 unspecified atom stereocenters. The standard InChI is InChI=1S/C19H19NO2/c1-4-14-5-7-15(8-6-14)11-17(13-20)16-9-10-18(21-2)19(12-16)22-3/h5-12H,4H2,1-3H3. The Morgan fingerprint density at radius 2 is 1.73 bits per heavy atom. The molecular weight excluding hydrogens is 274 g/mol. The molecule has 3 heteroatoms. The third kappa shape index (κ3) is 3.48. The van der Waals surface area contributed by atoms with Gasteiger partial charge < -0.3 is 9.47 Å². The highest BCUT2D eigenvalue weighted by Crippen LogP contribution is 2.30. The van der Waals surface area contributed by atoms with Crippen LogP contribution in [0.25, 0.3) is 11.6 Å². The van der Waals surface area contributed by atoms with Crippen molar-refractivity contribution in [2.24, 2.45) is 0 Å². The SMILES string of the molecule is CCc1ccc(C=C(C#N)c2ccc(OC)c(OC)c2)cc1. The lowest BCUT2D eigenvalue weighted by molar-refractivity contribution is 0.355. The Balaban J connectivity index is 2.38. The number of ether oxygens (including phenoxy) is 2. The van der Waals surface area contributed by atoms with Gasteiger partial charge in [0.15, 0.2) is 11.5 Å². The molecule has 2 rings (SSSR count). The first-order valence-electron chi connectivity index (χ1n) is 7.15. The summed E-state index contributed by atoms with van der Waals surface area (Å²) in [6, 6.07) is 15.9. The van der Waals surface area contributed by atoms with Gasteiger partial charge in [-0.2, -0.15) is 5.26 Å². The van der Waals surface area contributed by atoms with Crippen LogP contribution in [0, 0.1) is 11.3 Å². The van der Waals surface area contributed by atoms with Gasteiger partial charge in [0.05, 0.1) is 25.9 Å². The first kappa shape index (κ1) is 15.7. The zero-order valence-corrected chi connectivity index (χ0v) is 13.1. The summed E-state index contributed by atoms with van der Waals surface area (Å²) in [6.07, 6.45) is 2.88. The first-order chi connectivity index (χ1) is 10.7. The molecule has 2 aromatic rings. The zero-order chi connectivity index (χ0) is 15.9. The Kier molecular flexibility index (Phi) is 5.21. The quantitative estimate of drug-likeness (QED) is 0.608. The highest BCUT2D eigenvalue weighted by atomic mass is 16.5. The number of methoxy groups -OCH3 is 2. The van der Waals surface area contributed by atoms with Crippen molar-refractivity contribution in [1.82, 2.24) is 0 Å². The molecule has 0 fully saturated rings. The van der Waals surface area contributed by atoms with Crippen LogP contribution in [-0.4, -0.2) is 14.2 Å². The largest absolute Gasteiger partial charge is 0.493 e. The summed E-state index contributed by atoms with van der Waals surface area (Å²) in [6.45, 7) is 2.12. The van der Waals surface area contributed by atoms with Gasteiger partial charge in [-0.15, -0.1) is 0 Å². The molecule has 22 heavy (non-hydrogen) atoms. The maximum Gasteiger partial charge on any atom is 0.161 e. The minimum atomic E-state index is 0.588. The summed E-state index contributed by atoms with van der Waals surface area (Å²) in [5, 5.41) is 9.44. The van der Waals surface area contributed by atoms with Crippen LogP contribution < -0.4 is 9.47 Å². The summed E-state index contributed by atoms with van der Waals surface area (Å²) in [4.78, 5) is 0. The number of hydrogen-bond acceptors (Lipinski definition) is 3. The number of rotatable bonds is 5. The summed E-state index contributed by atoms with van der Waals surface area (Å²) >= 11 is 0. The fraction of sp³-hybridized carbons (Fsp3) is 0.211. The molecule has 2 aromatic carbocycles. The number of nitrogens with zero attached hydrogens (tertiary/aromatic N) is 1. The van der Waals surface area contributed by atoms with Crippen LogP contribution in [0.1, 0.15) is 23.6 Å². The van der Waals surface area contributed by atoms with E-state index in [-0.39, 0.29) is 0 Å². The minimum Gasteiger partial charge on any atom is -0.493 e. The number of hydrogen-bond donors (Lipinski definition) is 0. The fourth-order valence-electron chi connectivity index (χ4n) is 2.20. The third-order valence-corrected chi connectivity index (χ3v) is 3.51. The van der Waals surface area contributed by atoms with E-state index in [1.165, 1.54) is 5.56 Å². The lowest BCUT2D eigenvalue weighted by Crippen LogP contribution is -1.92. The van der Waals surface area contributed by atoms with Crippen molar-refractivity contribution in [2.45, 2.75) is 13.3 Å². The monoisotopic (exact) mass is 293 g/mol. The van der Waals surface area contributed by atoms with Crippen LogP contribution >= 0.6 is 0 Å². The van der Waals surface area contributed by atoms with Crippen LogP contribution in [0.2, 0.25) is 0 Å². The van der Waals surface area contributed by atoms with Gasteiger partial charge in [0.2, 0.25) is 0 Å². The van der Waals surface area contributed by atoms with Crippen LogP contribution in [0.15, 0.2) is 42.5 Å². The molecule has 0 aliphatic rings. The van der Waals surface area contributed by atoms with E-state index < -0.39 is 0 Å². The highest BCUT2D eigenvalue weighted by Gasteiger charge is 2.08. The second kappa shape index (κ2) is 7.33. The van der Waals surface area contributed by atoms with E-state index in [0.29, 0.717) is 17.1 Å². The topological polar surface area (TPSA) is 42.2 Å². The van der Waals surface area contributed by atoms with E-state index in [2.05, 4.69) is 25.1 Å². The maximum atomic E-state index is 9.44. The van der Waals surface area contributed by atoms with E-state index in [0.717, 1.165) is 17.5 Å². The molecule has 0 saturated carbocycles. The van der Waals surface area contributed by atoms with E-state index in [1.54, 1.807) is 20.3 Å². The van der Waals surface area contributed by atoms with E-state index in [9.17, 15) is 5.26 Å². The second-order valence-electron chi connectivity index (χ2n) is 4.83. The number of benzene rings is 2. The van der Waals surface area contributed by atoms with Gasteiger partial charge in [-0.25, -0.2) is 0 Å². The smallest absolute Gasteiger partial charge is 0.161 e. The molecule has 112 valence electrons. The van der Waals surface area contributed by atoms with Crippen molar-refractivity contribution in [1.29, 1.82) is 5.26 Å². The van der Waals surface area contributed by atoms with E-state index in [4.69, 9.17) is 9.47 Å². The summed E-state index contributed by atoms with van der Waals surface area (Å²) < 4.78 is 10.5. The lowest BCUT2D eigenvalue weighted by Gasteiger charge is -2.09. The van der Waals surface area contributed by atoms with Gasteiger partial charge in [-0.1, -0.05) is 31.2 Å². The van der Waals surface area contributed by atoms with Crippen molar-refractivity contribution < 1.29 is 9.47 Å². The Morgan fingerprint density at radius 1 is 1.05 bits per heavy atom. The molecule has 0 saturated heterocycles. The van der Waals surface area contributed by atoms with Gasteiger partial charge in [-0.05, 0) is 47.4 Å². The Hall–Kier alpha value is -2.73. The van der Waals surface area contributed by atoms with Gasteiger partial charge in [0.25, 0.3) is 0 Å². The average Bonchev–Trinajstić information content (AvgIpc) is 2.59. The zero-order valence-electron chi connectivity index (χ0n) is 13.1. The molecule has 0 aliphatic carbocycles. The molecule has 3 nitrogen and oxygen atoms in total. The fourth-order valence-corrected chi connectivity index (χ4v) is 2.20. The van der Waals surface area contributed by atoms with E-state index >= 15 is 0 Å². The highest BCUT2D eigenvalue weighted by molar-refractivity contribution is 5.90. The maximum absolute atomic E-state index is 9.44. The molecule has 0 atom stereocenters. The predicted molar refractivity (Wildman–Crippen MR) is 88.9 cm³/mol. The molecule has 0 amide bonds. The van der Waals surface area contributed by atoms with Gasteiger partial charge in [0, 0.05) is 0 Å². The predicted octanol–water partition coefficient (Wildman–Crippen LogP) is 4.33. The van der Waals surface area contributed by atoms with Crippen molar-refractivity contribution in [3.63, 3.8) is 0 Å². The van der Waals surface area contributed by atoms with Crippen LogP contribution in [0.4, 0.5) is 0 Å². The molecule has 0 heterocycles. The number of nitriles is 1. The Bertz CT molecular complexity index is 709. The van der Waals surface area contributed by atoms with Crippen molar-refractivity contribution >= 4 is 11.6 Å². The third-order valence-electron chi connectivity index (χ3n) is 3.51. The molecule has 0 aromatic heterocycles. The summed E-state index contributed by atoms with van der Waals surface area (Å²) in [7, 11) is 3.18. The van der Waals surface area contributed by atoms with Crippen LogP contribution in [0.5, 0.6) is 11.5 Å². The molecule has 0 radical (unpaired) electrons. The van der Waals surface area contributed by atoms with E-state index in [1.807, 2.05) is 30.3 Å². The summed E-state index contributed by atoms with van der Waals surface area (Å²) in [5.74, 6) is 1.26. The lowest BCUT2D eigenvalue weighted by atomic mass is 10.0. The van der Waals surface area contributed by atoms with Crippen LogP contribution in [0.3, 0.4) is 0 Å². The normalized spacial score (nSPS) is 10.9. The second-order valence-corrected chi connectivity index (χ2v) is 4.83. The van der Waals surface area contributed by atoms with Crippen molar-refractivity contribution in [3.8, 4) is 17.6 Å². The number of allylic oxidation sites excluding steroid dienone is 1. The molecule has 0 spiro atoms. The summed E-state index contributed by atoms with van der Waals surface area (Å²) in [5.41, 5.74) is 3.68. The van der Waals surface area contributed by atoms with Crippen molar-refractivity contribution in [3.05, 3.63) is 59.2 Å². The Morgan fingerprint density at radius 3 is 2.27 bits per heavy atom. The molecule has 0 bridgehead atoms. The minimum absolute atomic E-state index is 0.588.